The molecule has 1 heterocycles. The number of nitrogens with two attached hydrogens (primary N) is 1. The second-order valence-corrected chi connectivity index (χ2v) is 6.75. The van der Waals surface area contributed by atoms with Crippen LogP contribution in [0.1, 0.15) is 20.3 Å². The SMILES string of the molecule is CCC(C)(NS(=O)(=O)c1c(Br)nnn1C)C(N)=S. The fourth-order valence-electron chi connectivity index (χ4n) is 1.25. The number of sulfonamides is 1. The van der Waals surface area contributed by atoms with E-state index in [0.717, 1.165) is 4.68 Å². The number of nitrogens with zero attached hydrogens (tertiary/aromatic N) is 3. The maximum atomic E-state index is 12.3. The number of thiocarbonyl (C=S) groups is 1. The Labute approximate surface area is 119 Å². The Morgan fingerprint density at radius 1 is 1.67 bits per heavy atom. The highest BCUT2D eigenvalue weighted by Crippen LogP contribution is 2.21. The van der Waals surface area contributed by atoms with Gasteiger partial charge in [0, 0.05) is 7.05 Å². The van der Waals surface area contributed by atoms with Crippen LogP contribution in [0.2, 0.25) is 0 Å². The fourth-order valence-corrected chi connectivity index (χ4v) is 4.07. The normalized spacial score (nSPS) is 15.3. The van der Waals surface area contributed by atoms with Crippen LogP contribution in [0.4, 0.5) is 0 Å². The number of hydrogen-bond donors (Lipinski definition) is 2. The zero-order valence-electron chi connectivity index (χ0n) is 10.1. The molecule has 0 spiro atoms. The van der Waals surface area contributed by atoms with E-state index in [9.17, 15) is 8.42 Å². The predicted molar refractivity (Wildman–Crippen MR) is 74.5 cm³/mol. The van der Waals surface area contributed by atoms with Gasteiger partial charge in [0.1, 0.15) is 0 Å². The lowest BCUT2D eigenvalue weighted by Crippen LogP contribution is -2.54. The Hall–Kier alpha value is -0.580. The molecule has 0 aliphatic heterocycles. The molecule has 0 aliphatic carbocycles. The molecule has 0 saturated heterocycles. The number of rotatable bonds is 5. The van der Waals surface area contributed by atoms with Gasteiger partial charge in [0.2, 0.25) is 5.03 Å². The third-order valence-electron chi connectivity index (χ3n) is 2.60. The summed E-state index contributed by atoms with van der Waals surface area (Å²) in [7, 11) is -2.34. The number of halogens is 1. The highest BCUT2D eigenvalue weighted by atomic mass is 79.9. The van der Waals surface area contributed by atoms with E-state index < -0.39 is 15.6 Å². The molecule has 7 nitrogen and oxygen atoms in total. The lowest BCUT2D eigenvalue weighted by Gasteiger charge is -2.27. The van der Waals surface area contributed by atoms with Crippen molar-refractivity contribution >= 4 is 43.2 Å². The summed E-state index contributed by atoms with van der Waals surface area (Å²) in [5.41, 5.74) is 4.58. The van der Waals surface area contributed by atoms with Crippen molar-refractivity contribution in [1.29, 1.82) is 0 Å². The quantitative estimate of drug-likeness (QED) is 0.736. The molecule has 18 heavy (non-hydrogen) atoms. The highest BCUT2D eigenvalue weighted by molar-refractivity contribution is 9.10. The first-order valence-electron chi connectivity index (χ1n) is 5.03. The van der Waals surface area contributed by atoms with Gasteiger partial charge in [0.05, 0.1) is 10.5 Å². The molecule has 0 aromatic carbocycles. The second-order valence-electron chi connectivity index (χ2n) is 3.96. The lowest BCUT2D eigenvalue weighted by atomic mass is 10.0. The smallest absolute Gasteiger partial charge is 0.261 e. The molecule has 1 aromatic rings. The van der Waals surface area contributed by atoms with E-state index in [-0.39, 0.29) is 14.6 Å². The minimum Gasteiger partial charge on any atom is -0.392 e. The van der Waals surface area contributed by atoms with Crippen LogP contribution in [0, 0.1) is 0 Å². The predicted octanol–water partition coefficient (Wildman–Crippen LogP) is 0.311. The Kier molecular flexibility index (Phi) is 4.47. The minimum absolute atomic E-state index is 0.0709. The van der Waals surface area contributed by atoms with Crippen molar-refractivity contribution in [2.75, 3.05) is 0 Å². The van der Waals surface area contributed by atoms with Crippen LogP contribution in [0.3, 0.4) is 0 Å². The molecule has 0 aliphatic rings. The van der Waals surface area contributed by atoms with E-state index in [1.807, 2.05) is 0 Å². The Balaban J connectivity index is 3.22. The van der Waals surface area contributed by atoms with Gasteiger partial charge >= 0.3 is 0 Å². The average Bonchev–Trinajstić information content (AvgIpc) is 2.57. The van der Waals surface area contributed by atoms with Crippen LogP contribution in [-0.2, 0) is 17.1 Å². The zero-order valence-corrected chi connectivity index (χ0v) is 13.4. The molecule has 0 saturated carbocycles. The fraction of sp³-hybridized carbons (Fsp3) is 0.625. The molecule has 1 rings (SSSR count). The molecule has 0 radical (unpaired) electrons. The van der Waals surface area contributed by atoms with E-state index >= 15 is 0 Å². The maximum absolute atomic E-state index is 12.3. The maximum Gasteiger partial charge on any atom is 0.261 e. The minimum atomic E-state index is -3.82. The number of aryl methyl sites for hydroxylation is 1. The van der Waals surface area contributed by atoms with E-state index in [1.165, 1.54) is 7.05 Å². The molecule has 1 atom stereocenters. The summed E-state index contributed by atoms with van der Waals surface area (Å²) in [4.78, 5) is 0.0832. The summed E-state index contributed by atoms with van der Waals surface area (Å²) in [5, 5.41) is 7.18. The van der Waals surface area contributed by atoms with Crippen molar-refractivity contribution in [1.82, 2.24) is 19.7 Å². The van der Waals surface area contributed by atoms with Crippen LogP contribution in [0.5, 0.6) is 0 Å². The van der Waals surface area contributed by atoms with Gasteiger partial charge in [-0.3, -0.25) is 0 Å². The van der Waals surface area contributed by atoms with Gasteiger partial charge in [-0.2, -0.15) is 4.72 Å². The third kappa shape index (κ3) is 2.87. The van der Waals surface area contributed by atoms with E-state index in [2.05, 4.69) is 31.0 Å². The summed E-state index contributed by atoms with van der Waals surface area (Å²) < 4.78 is 28.3. The first kappa shape index (κ1) is 15.5. The van der Waals surface area contributed by atoms with Crippen molar-refractivity contribution in [3.63, 3.8) is 0 Å². The molecule has 3 N–H and O–H groups in total. The van der Waals surface area contributed by atoms with Gasteiger partial charge in [-0.25, -0.2) is 13.1 Å². The van der Waals surface area contributed by atoms with Crippen LogP contribution in [0.15, 0.2) is 9.63 Å². The number of aromatic nitrogens is 3. The molecular formula is C8H14BrN5O2S2. The van der Waals surface area contributed by atoms with Gasteiger partial charge < -0.3 is 5.73 Å². The van der Waals surface area contributed by atoms with Crippen molar-refractivity contribution in [3.8, 4) is 0 Å². The second kappa shape index (κ2) is 5.19. The molecular weight excluding hydrogens is 342 g/mol. The van der Waals surface area contributed by atoms with Crippen molar-refractivity contribution in [3.05, 3.63) is 4.60 Å². The summed E-state index contributed by atoms with van der Waals surface area (Å²) in [6, 6.07) is 0. The summed E-state index contributed by atoms with van der Waals surface area (Å²) in [6.45, 7) is 3.42. The monoisotopic (exact) mass is 355 g/mol. The molecule has 1 aromatic heterocycles. The first-order chi connectivity index (χ1) is 8.14. The number of hydrogen-bond acceptors (Lipinski definition) is 5. The van der Waals surface area contributed by atoms with Gasteiger partial charge in [0.15, 0.2) is 4.60 Å². The lowest BCUT2D eigenvalue weighted by molar-refractivity contribution is 0.502. The van der Waals surface area contributed by atoms with Gasteiger partial charge in [0.25, 0.3) is 10.0 Å². The van der Waals surface area contributed by atoms with E-state index in [0.29, 0.717) is 6.42 Å². The molecule has 1 unspecified atom stereocenters. The third-order valence-corrected chi connectivity index (χ3v) is 5.54. The first-order valence-corrected chi connectivity index (χ1v) is 7.71. The van der Waals surface area contributed by atoms with Gasteiger partial charge in [-0.1, -0.05) is 24.4 Å². The van der Waals surface area contributed by atoms with Crippen molar-refractivity contribution in [2.45, 2.75) is 30.8 Å². The van der Waals surface area contributed by atoms with E-state index in [4.69, 9.17) is 18.0 Å². The van der Waals surface area contributed by atoms with Gasteiger partial charge in [-0.05, 0) is 29.3 Å². The number of nitrogens with one attached hydrogen (secondary N) is 1. The molecule has 0 fully saturated rings. The van der Waals surface area contributed by atoms with Crippen molar-refractivity contribution in [2.24, 2.45) is 12.8 Å². The summed E-state index contributed by atoms with van der Waals surface area (Å²) >= 11 is 7.94. The van der Waals surface area contributed by atoms with Crippen LogP contribution >= 0.6 is 28.1 Å². The molecule has 102 valence electrons. The van der Waals surface area contributed by atoms with Crippen LogP contribution < -0.4 is 10.5 Å². The van der Waals surface area contributed by atoms with Crippen LogP contribution in [-0.4, -0.2) is 33.9 Å². The Morgan fingerprint density at radius 3 is 2.56 bits per heavy atom. The molecule has 10 heteroatoms. The van der Waals surface area contributed by atoms with E-state index in [1.54, 1.807) is 13.8 Å². The summed E-state index contributed by atoms with van der Waals surface area (Å²) in [5.74, 6) is 0. The van der Waals surface area contributed by atoms with Crippen molar-refractivity contribution < 1.29 is 8.42 Å². The largest absolute Gasteiger partial charge is 0.392 e. The zero-order chi connectivity index (χ0) is 14.1. The average molecular weight is 356 g/mol. The molecule has 0 amide bonds. The molecule has 0 bridgehead atoms. The standard InChI is InChI=1S/C8H14BrN5O2S2/c1-4-8(2,7(10)17)12-18(15,16)6-5(9)11-13-14(6)3/h12H,4H2,1-3H3,(H2,10,17). The topological polar surface area (TPSA) is 103 Å². The Morgan fingerprint density at radius 2 is 2.22 bits per heavy atom. The van der Waals surface area contributed by atoms with Gasteiger partial charge in [-0.15, -0.1) is 5.10 Å². The highest BCUT2D eigenvalue weighted by Gasteiger charge is 2.34. The van der Waals surface area contributed by atoms with Crippen LogP contribution in [0.25, 0.3) is 0 Å². The Bertz CT molecular complexity index is 551. The summed E-state index contributed by atoms with van der Waals surface area (Å²) in [6.07, 6.45) is 0.435.